The molecule has 2 saturated carbocycles. The molecular formula is C35H48N6O2. The lowest BCUT2D eigenvalue weighted by atomic mass is 9.69. The number of nitrogens with zero attached hydrogens (tertiary/aromatic N) is 3. The van der Waals surface area contributed by atoms with Gasteiger partial charge in [0.15, 0.2) is 0 Å². The van der Waals surface area contributed by atoms with E-state index in [1.54, 1.807) is 4.90 Å². The summed E-state index contributed by atoms with van der Waals surface area (Å²) in [5.41, 5.74) is 2.77. The molecule has 0 aromatic heterocycles. The molecule has 4 aliphatic rings. The third-order valence-electron chi connectivity index (χ3n) is 10.8. The Morgan fingerprint density at radius 3 is 1.58 bits per heavy atom. The van der Waals surface area contributed by atoms with Crippen LogP contribution in [0.2, 0.25) is 0 Å². The van der Waals surface area contributed by atoms with E-state index in [-0.39, 0.29) is 34.2 Å². The molecule has 8 heteroatoms. The summed E-state index contributed by atoms with van der Waals surface area (Å²) in [5.74, 6) is 2.58. The first-order chi connectivity index (χ1) is 20.6. The minimum absolute atomic E-state index is 0.0120. The van der Waals surface area contributed by atoms with Crippen molar-refractivity contribution in [2.75, 3.05) is 47.8 Å². The highest BCUT2D eigenvalue weighted by Crippen LogP contribution is 2.46. The van der Waals surface area contributed by atoms with E-state index in [4.69, 9.17) is 6.42 Å². The number of carbonyl (C=O) groups excluding carboxylic acids is 2. The van der Waals surface area contributed by atoms with Gasteiger partial charge in [0.1, 0.15) is 0 Å². The predicted octanol–water partition coefficient (Wildman–Crippen LogP) is 4.48. The molecule has 2 aliphatic heterocycles. The van der Waals surface area contributed by atoms with Crippen molar-refractivity contribution in [2.45, 2.75) is 73.5 Å². The van der Waals surface area contributed by atoms with Gasteiger partial charge in [-0.25, -0.2) is 9.59 Å². The third-order valence-corrected chi connectivity index (χ3v) is 10.8. The Kier molecular flexibility index (Phi) is 8.78. The largest absolute Gasteiger partial charge is 0.336 e. The number of benzene rings is 2. The van der Waals surface area contributed by atoms with Crippen LogP contribution < -0.4 is 16.0 Å². The Morgan fingerprint density at radius 2 is 1.19 bits per heavy atom. The summed E-state index contributed by atoms with van der Waals surface area (Å²) in [6.07, 6.45) is 13.6. The lowest BCUT2D eigenvalue weighted by Gasteiger charge is -2.48. The zero-order valence-corrected chi connectivity index (χ0v) is 26.3. The van der Waals surface area contributed by atoms with Crippen LogP contribution in [0.5, 0.6) is 0 Å². The van der Waals surface area contributed by atoms with Crippen molar-refractivity contribution in [2.24, 2.45) is 0 Å². The fourth-order valence-corrected chi connectivity index (χ4v) is 7.95. The van der Waals surface area contributed by atoms with Gasteiger partial charge in [-0.1, -0.05) is 66.6 Å². The van der Waals surface area contributed by atoms with E-state index in [2.05, 4.69) is 121 Å². The van der Waals surface area contributed by atoms with E-state index in [0.717, 1.165) is 64.5 Å². The minimum atomic E-state index is -0.109. The van der Waals surface area contributed by atoms with Crippen molar-refractivity contribution >= 4 is 12.1 Å². The molecule has 2 aliphatic carbocycles. The standard InChI is InChI=1S/C19H25N3O.C16H23N3O/c1-4-14-22-15-18(20-17(22)23)10-12-19(13-11-18,21(2)3)16-8-6-5-7-9-16;1-19(2)16(13-6-4-3-5-7-13)10-8-15(9-11-16)12-17-14(20)18-15/h1,5-9H,10-15H2,2-3H3,(H,20,23);3-7H,8-12H2,1-2H3,(H2,17,18,20). The van der Waals surface area contributed by atoms with E-state index < -0.39 is 0 Å². The van der Waals surface area contributed by atoms with Gasteiger partial charge in [0, 0.05) is 24.2 Å². The molecular weight excluding hydrogens is 536 g/mol. The SMILES string of the molecule is C#CCN1CC2(CCC(c3ccccc3)(N(C)C)CC2)NC1=O.CN(C)C1(c2ccccc2)CCC2(CC1)CNC(=O)N2. The molecule has 230 valence electrons. The minimum Gasteiger partial charge on any atom is -0.336 e. The molecule has 0 atom stereocenters. The summed E-state index contributed by atoms with van der Waals surface area (Å²) in [4.78, 5) is 30.0. The second-order valence-electron chi connectivity index (χ2n) is 13.4. The predicted molar refractivity (Wildman–Crippen MR) is 171 cm³/mol. The molecule has 8 nitrogen and oxygen atoms in total. The highest BCUT2D eigenvalue weighted by Gasteiger charge is 2.50. The quantitative estimate of drug-likeness (QED) is 0.453. The zero-order valence-electron chi connectivity index (χ0n) is 26.3. The number of carbonyl (C=O) groups is 2. The summed E-state index contributed by atoms with van der Waals surface area (Å²) < 4.78 is 0. The molecule has 0 bridgehead atoms. The van der Waals surface area contributed by atoms with E-state index >= 15 is 0 Å². The number of hydrogen-bond acceptors (Lipinski definition) is 4. The maximum atomic E-state index is 12.1. The van der Waals surface area contributed by atoms with Gasteiger partial charge in [-0.2, -0.15) is 0 Å². The Labute approximate surface area is 257 Å². The van der Waals surface area contributed by atoms with Crippen molar-refractivity contribution in [1.82, 2.24) is 30.7 Å². The molecule has 4 amide bonds. The number of nitrogens with one attached hydrogen (secondary N) is 3. The van der Waals surface area contributed by atoms with Gasteiger partial charge < -0.3 is 20.9 Å². The first-order valence-electron chi connectivity index (χ1n) is 15.6. The van der Waals surface area contributed by atoms with Crippen molar-refractivity contribution < 1.29 is 9.59 Å². The molecule has 2 aromatic carbocycles. The average molecular weight is 585 g/mol. The summed E-state index contributed by atoms with van der Waals surface area (Å²) in [7, 11) is 8.64. The summed E-state index contributed by atoms with van der Waals surface area (Å²) in [6, 6.07) is 21.4. The highest BCUT2D eigenvalue weighted by molar-refractivity contribution is 5.78. The van der Waals surface area contributed by atoms with Crippen LogP contribution in [0.1, 0.15) is 62.5 Å². The molecule has 2 spiro atoms. The monoisotopic (exact) mass is 584 g/mol. The van der Waals surface area contributed by atoms with Gasteiger partial charge in [0.2, 0.25) is 0 Å². The van der Waals surface area contributed by atoms with Gasteiger partial charge in [0.05, 0.1) is 17.6 Å². The van der Waals surface area contributed by atoms with E-state index in [9.17, 15) is 9.59 Å². The van der Waals surface area contributed by atoms with Gasteiger partial charge in [-0.15, -0.1) is 6.42 Å². The summed E-state index contributed by atoms with van der Waals surface area (Å²) in [6.45, 7) is 1.89. The van der Waals surface area contributed by atoms with Crippen LogP contribution in [0.15, 0.2) is 60.7 Å². The Balaban J connectivity index is 0.000000173. The number of rotatable bonds is 5. The third kappa shape index (κ3) is 5.98. The molecule has 0 radical (unpaired) electrons. The number of hydrogen-bond donors (Lipinski definition) is 3. The lowest BCUT2D eigenvalue weighted by molar-refractivity contribution is 0.0624. The van der Waals surface area contributed by atoms with Crippen molar-refractivity contribution in [3.63, 3.8) is 0 Å². The van der Waals surface area contributed by atoms with Crippen molar-refractivity contribution in [1.29, 1.82) is 0 Å². The second kappa shape index (κ2) is 12.2. The molecule has 43 heavy (non-hydrogen) atoms. The highest BCUT2D eigenvalue weighted by atomic mass is 16.2. The van der Waals surface area contributed by atoms with Crippen LogP contribution in [-0.4, -0.2) is 85.7 Å². The van der Waals surface area contributed by atoms with Gasteiger partial charge in [-0.05, 0) is 90.7 Å². The number of urea groups is 2. The van der Waals surface area contributed by atoms with Crippen molar-refractivity contribution in [3.8, 4) is 12.3 Å². The molecule has 2 heterocycles. The molecule has 2 saturated heterocycles. The van der Waals surface area contributed by atoms with Crippen LogP contribution in [-0.2, 0) is 11.1 Å². The smallest absolute Gasteiger partial charge is 0.318 e. The number of amides is 4. The summed E-state index contributed by atoms with van der Waals surface area (Å²) in [5, 5.41) is 9.25. The fourth-order valence-electron chi connectivity index (χ4n) is 7.95. The van der Waals surface area contributed by atoms with E-state index in [1.807, 2.05) is 0 Å². The van der Waals surface area contributed by atoms with Crippen molar-refractivity contribution in [3.05, 3.63) is 71.8 Å². The van der Waals surface area contributed by atoms with Gasteiger partial charge in [0.25, 0.3) is 0 Å². The van der Waals surface area contributed by atoms with E-state index in [1.165, 1.54) is 11.1 Å². The van der Waals surface area contributed by atoms with Gasteiger partial charge >= 0.3 is 12.1 Å². The Bertz CT molecular complexity index is 1300. The molecule has 3 N–H and O–H groups in total. The van der Waals surface area contributed by atoms with Gasteiger partial charge in [-0.3, -0.25) is 9.80 Å². The zero-order chi connectivity index (χ0) is 30.7. The second-order valence-corrected chi connectivity index (χ2v) is 13.4. The first-order valence-corrected chi connectivity index (χ1v) is 15.6. The molecule has 4 fully saturated rings. The van der Waals surface area contributed by atoms with Crippen LogP contribution in [0, 0.1) is 12.3 Å². The van der Waals surface area contributed by atoms with Crippen LogP contribution >= 0.6 is 0 Å². The topological polar surface area (TPSA) is 80.0 Å². The Hall–Kier alpha value is -3.54. The Morgan fingerprint density at radius 1 is 0.721 bits per heavy atom. The molecule has 0 unspecified atom stereocenters. The van der Waals surface area contributed by atoms with Crippen LogP contribution in [0.3, 0.4) is 0 Å². The summed E-state index contributed by atoms with van der Waals surface area (Å²) >= 11 is 0. The maximum Gasteiger partial charge on any atom is 0.318 e. The average Bonchev–Trinajstić information content (AvgIpc) is 3.53. The maximum absolute atomic E-state index is 12.1. The van der Waals surface area contributed by atoms with Crippen LogP contribution in [0.25, 0.3) is 0 Å². The molecule has 2 aromatic rings. The molecule has 6 rings (SSSR count). The fraction of sp³-hybridized carbons (Fsp3) is 0.543. The first kappa shape index (κ1) is 30.9. The normalized spacial score (nSPS) is 31.8. The van der Waals surface area contributed by atoms with E-state index in [0.29, 0.717) is 6.54 Å². The van der Waals surface area contributed by atoms with Crippen LogP contribution in [0.4, 0.5) is 9.59 Å². The lowest BCUT2D eigenvalue weighted by Crippen LogP contribution is -2.54. The number of terminal acetylenes is 1.